The molecular formula is C26H19ClO8. The first-order valence-corrected chi connectivity index (χ1v) is 10.6. The molecule has 0 amide bonds. The summed E-state index contributed by atoms with van der Waals surface area (Å²) in [5, 5.41) is 0.992. The minimum Gasteiger partial charge on any atom is -0.490 e. The summed E-state index contributed by atoms with van der Waals surface area (Å²) in [6, 6.07) is 21.5. The Hall–Kier alpha value is -4.43. The summed E-state index contributed by atoms with van der Waals surface area (Å²) < 4.78 is 32.4. The van der Waals surface area contributed by atoms with Gasteiger partial charge in [-0.05, 0) is 42.5 Å². The number of rotatable bonds is 6. The van der Waals surface area contributed by atoms with Crippen molar-refractivity contribution in [2.45, 2.75) is 0 Å². The number of ether oxygens (including phenoxy) is 6. The average molecular weight is 495 g/mol. The summed E-state index contributed by atoms with van der Waals surface area (Å²) in [5.41, 5.74) is 0. The van der Waals surface area contributed by atoms with Gasteiger partial charge in [0.2, 0.25) is 11.5 Å². The van der Waals surface area contributed by atoms with E-state index < -0.39 is 12.3 Å². The van der Waals surface area contributed by atoms with Crippen LogP contribution in [0.5, 0.6) is 34.5 Å². The average Bonchev–Trinajstić information content (AvgIpc) is 2.86. The molecule has 0 atom stereocenters. The van der Waals surface area contributed by atoms with Crippen LogP contribution < -0.4 is 28.4 Å². The van der Waals surface area contributed by atoms with Crippen molar-refractivity contribution in [1.82, 2.24) is 0 Å². The van der Waals surface area contributed by atoms with Gasteiger partial charge in [-0.15, -0.1) is 0 Å². The van der Waals surface area contributed by atoms with Crippen LogP contribution in [0.25, 0.3) is 10.8 Å². The van der Waals surface area contributed by atoms with Crippen LogP contribution in [0.15, 0.2) is 78.9 Å². The molecule has 35 heavy (non-hydrogen) atoms. The molecule has 0 aromatic heterocycles. The number of halogens is 1. The van der Waals surface area contributed by atoms with Crippen LogP contribution in [0, 0.1) is 0 Å². The number of hydrogen-bond donors (Lipinski definition) is 0. The maximum atomic E-state index is 12.6. The number of carbonyl (C=O) groups is 2. The van der Waals surface area contributed by atoms with E-state index in [-0.39, 0.29) is 28.7 Å². The highest BCUT2D eigenvalue weighted by molar-refractivity contribution is 6.31. The molecular weight excluding hydrogens is 476 g/mol. The normalized spacial score (nSPS) is 10.4. The van der Waals surface area contributed by atoms with E-state index in [0.29, 0.717) is 21.5 Å². The maximum absolute atomic E-state index is 12.6. The zero-order chi connectivity index (χ0) is 24.8. The fourth-order valence-electron chi connectivity index (χ4n) is 3.30. The van der Waals surface area contributed by atoms with E-state index in [9.17, 15) is 9.59 Å². The van der Waals surface area contributed by atoms with Crippen molar-refractivity contribution < 1.29 is 38.0 Å². The Balaban J connectivity index is 1.75. The molecule has 8 nitrogen and oxygen atoms in total. The second-order valence-corrected chi connectivity index (χ2v) is 7.39. The third-order valence-electron chi connectivity index (χ3n) is 4.76. The van der Waals surface area contributed by atoms with Crippen LogP contribution >= 0.6 is 11.6 Å². The largest absolute Gasteiger partial charge is 0.519 e. The number of para-hydroxylation sites is 2. The topological polar surface area (TPSA) is 89.5 Å². The second-order valence-electron chi connectivity index (χ2n) is 6.95. The Morgan fingerprint density at radius 3 is 1.49 bits per heavy atom. The van der Waals surface area contributed by atoms with Crippen LogP contribution in [0.2, 0.25) is 5.02 Å². The van der Waals surface area contributed by atoms with Crippen molar-refractivity contribution in [1.29, 1.82) is 0 Å². The van der Waals surface area contributed by atoms with Crippen LogP contribution in [0.3, 0.4) is 0 Å². The van der Waals surface area contributed by atoms with Gasteiger partial charge in [-0.1, -0.05) is 48.0 Å². The Morgan fingerprint density at radius 2 is 1.03 bits per heavy atom. The molecule has 0 N–H and O–H groups in total. The minimum atomic E-state index is -1.02. The summed E-state index contributed by atoms with van der Waals surface area (Å²) >= 11 is 6.22. The number of methoxy groups -OCH3 is 2. The molecule has 4 aromatic carbocycles. The molecule has 0 aliphatic rings. The highest BCUT2D eigenvalue weighted by atomic mass is 35.5. The van der Waals surface area contributed by atoms with Crippen molar-refractivity contribution in [2.24, 2.45) is 0 Å². The lowest BCUT2D eigenvalue weighted by Gasteiger charge is -2.19. The van der Waals surface area contributed by atoms with E-state index in [4.69, 9.17) is 40.0 Å². The predicted octanol–water partition coefficient (Wildman–Crippen LogP) is 6.67. The van der Waals surface area contributed by atoms with Gasteiger partial charge in [-0.25, -0.2) is 9.59 Å². The van der Waals surface area contributed by atoms with Gasteiger partial charge >= 0.3 is 12.3 Å². The third-order valence-corrected chi connectivity index (χ3v) is 4.99. The Labute approximate surface area is 205 Å². The fourth-order valence-corrected chi connectivity index (χ4v) is 3.48. The highest BCUT2D eigenvalue weighted by Crippen LogP contribution is 2.51. The van der Waals surface area contributed by atoms with Crippen molar-refractivity contribution in [3.63, 3.8) is 0 Å². The fraction of sp³-hybridized carbons (Fsp3) is 0.0769. The molecule has 9 heteroatoms. The quantitative estimate of drug-likeness (QED) is 0.217. The molecule has 178 valence electrons. The molecule has 0 aliphatic heterocycles. The van der Waals surface area contributed by atoms with Crippen LogP contribution in [-0.4, -0.2) is 26.5 Å². The zero-order valence-corrected chi connectivity index (χ0v) is 19.4. The molecule has 0 bridgehead atoms. The van der Waals surface area contributed by atoms with Gasteiger partial charge in [0, 0.05) is 15.8 Å². The monoisotopic (exact) mass is 494 g/mol. The van der Waals surface area contributed by atoms with Crippen molar-refractivity contribution >= 4 is 34.7 Å². The molecule has 0 saturated heterocycles. The first-order valence-electron chi connectivity index (χ1n) is 10.3. The van der Waals surface area contributed by atoms with Gasteiger partial charge < -0.3 is 28.4 Å². The van der Waals surface area contributed by atoms with Gasteiger partial charge in [-0.3, -0.25) is 0 Å². The summed E-state index contributed by atoms with van der Waals surface area (Å²) in [6.07, 6.45) is -2.03. The summed E-state index contributed by atoms with van der Waals surface area (Å²) in [4.78, 5) is 25.1. The Kier molecular flexibility index (Phi) is 7.23. The van der Waals surface area contributed by atoms with Gasteiger partial charge in [0.15, 0.2) is 11.5 Å². The van der Waals surface area contributed by atoms with Gasteiger partial charge in [0.25, 0.3) is 0 Å². The number of fused-ring (bicyclic) bond motifs is 1. The number of benzene rings is 4. The second kappa shape index (κ2) is 10.7. The lowest BCUT2D eigenvalue weighted by molar-refractivity contribution is 0.147. The molecule has 0 radical (unpaired) electrons. The van der Waals surface area contributed by atoms with E-state index in [1.54, 1.807) is 72.8 Å². The van der Waals surface area contributed by atoms with Crippen molar-refractivity contribution in [3.8, 4) is 34.5 Å². The van der Waals surface area contributed by atoms with Gasteiger partial charge in [-0.2, -0.15) is 0 Å². The molecule has 4 aromatic rings. The summed E-state index contributed by atoms with van der Waals surface area (Å²) in [5.74, 6) is 0.505. The smallest absolute Gasteiger partial charge is 0.490 e. The molecule has 0 spiro atoms. The van der Waals surface area contributed by atoms with E-state index in [1.165, 1.54) is 20.3 Å². The minimum absolute atomic E-state index is 0.00477. The Bertz CT molecular complexity index is 1360. The molecule has 0 aliphatic carbocycles. The third kappa shape index (κ3) is 5.39. The summed E-state index contributed by atoms with van der Waals surface area (Å²) in [7, 11) is 2.69. The molecule has 0 heterocycles. The van der Waals surface area contributed by atoms with E-state index >= 15 is 0 Å². The first kappa shape index (κ1) is 23.7. The maximum Gasteiger partial charge on any atom is 0.519 e. The highest BCUT2D eigenvalue weighted by Gasteiger charge is 2.28. The SMILES string of the molecule is COc1c(OC)c(OC(=O)Oc2ccccc2)c2cc(Cl)ccc2c1OC(=O)Oc1ccccc1. The first-order chi connectivity index (χ1) is 17.0. The van der Waals surface area contributed by atoms with Crippen LogP contribution in [0.4, 0.5) is 9.59 Å². The predicted molar refractivity (Wildman–Crippen MR) is 128 cm³/mol. The van der Waals surface area contributed by atoms with Crippen molar-refractivity contribution in [2.75, 3.05) is 14.2 Å². The van der Waals surface area contributed by atoms with E-state index in [1.807, 2.05) is 0 Å². The zero-order valence-electron chi connectivity index (χ0n) is 18.6. The van der Waals surface area contributed by atoms with E-state index in [0.717, 1.165) is 0 Å². The molecule has 0 unspecified atom stereocenters. The number of carbonyl (C=O) groups excluding carboxylic acids is 2. The number of hydrogen-bond acceptors (Lipinski definition) is 8. The van der Waals surface area contributed by atoms with E-state index in [2.05, 4.69) is 0 Å². The van der Waals surface area contributed by atoms with Crippen LogP contribution in [0.1, 0.15) is 0 Å². The standard InChI is InChI=1S/C26H19ClO8/c1-30-23-21(34-25(28)32-17-9-5-3-6-10-17)19-14-13-16(27)15-20(19)22(24(23)31-2)35-26(29)33-18-11-7-4-8-12-18/h3-15H,1-2H3. The lowest BCUT2D eigenvalue weighted by atomic mass is 10.1. The van der Waals surface area contributed by atoms with Crippen LogP contribution in [-0.2, 0) is 0 Å². The summed E-state index contributed by atoms with van der Waals surface area (Å²) in [6.45, 7) is 0. The molecule has 0 saturated carbocycles. The molecule has 4 rings (SSSR count). The molecule has 0 fully saturated rings. The van der Waals surface area contributed by atoms with Gasteiger partial charge in [0.1, 0.15) is 11.5 Å². The van der Waals surface area contributed by atoms with Gasteiger partial charge in [0.05, 0.1) is 14.2 Å². The van der Waals surface area contributed by atoms with Crippen molar-refractivity contribution in [3.05, 3.63) is 83.9 Å². The lowest BCUT2D eigenvalue weighted by Crippen LogP contribution is -2.16. The Morgan fingerprint density at radius 1 is 0.571 bits per heavy atom.